The number of aldehydes is 1. The second kappa shape index (κ2) is 11.3. The number of carbonyl (C=O) groups is 2. The van der Waals surface area contributed by atoms with Gasteiger partial charge in [-0.3, -0.25) is 0 Å². The Morgan fingerprint density at radius 3 is 2.71 bits per heavy atom. The molecule has 1 aliphatic heterocycles. The smallest absolute Gasteiger partial charge is 0.331 e. The zero-order valence-corrected chi connectivity index (χ0v) is 28.8. The summed E-state index contributed by atoms with van der Waals surface area (Å²) in [6.07, 6.45) is 13.3. The van der Waals surface area contributed by atoms with Gasteiger partial charge in [0.05, 0.1) is 22.7 Å². The molecule has 5 N–H and O–H groups in total. The minimum Gasteiger partial charge on any atom is -0.450 e. The zero-order chi connectivity index (χ0) is 33.9. The van der Waals surface area contributed by atoms with Crippen molar-refractivity contribution in [3.05, 3.63) is 35.5 Å². The van der Waals surface area contributed by atoms with Gasteiger partial charge >= 0.3 is 5.97 Å². The second-order valence-corrected chi connectivity index (χ2v) is 17.4. The molecule has 0 aromatic carbocycles. The molecule has 9 nitrogen and oxygen atoms in total. The molecule has 48 heavy (non-hydrogen) atoms. The third-order valence-corrected chi connectivity index (χ3v) is 15.7. The largest absolute Gasteiger partial charge is 0.450 e. The van der Waals surface area contributed by atoms with Crippen LogP contribution >= 0.6 is 0 Å². The van der Waals surface area contributed by atoms with Crippen molar-refractivity contribution in [3.8, 4) is 0 Å². The lowest BCUT2D eigenvalue weighted by Crippen LogP contribution is -2.80. The summed E-state index contributed by atoms with van der Waals surface area (Å²) < 4.78 is 11.1. The van der Waals surface area contributed by atoms with E-state index in [1.165, 1.54) is 0 Å². The van der Waals surface area contributed by atoms with Gasteiger partial charge in [0, 0.05) is 43.6 Å². The van der Waals surface area contributed by atoms with Gasteiger partial charge in [-0.2, -0.15) is 0 Å². The van der Waals surface area contributed by atoms with Gasteiger partial charge < -0.3 is 40.0 Å². The summed E-state index contributed by atoms with van der Waals surface area (Å²) in [7, 11) is 1.68. The van der Waals surface area contributed by atoms with E-state index in [-0.39, 0.29) is 36.1 Å². The molecular formula is C39H55NO8. The Morgan fingerprint density at radius 1 is 1.12 bits per heavy atom. The first-order valence-electron chi connectivity index (χ1n) is 18.7. The number of aliphatic hydroxyl groups excluding tert-OH is 1. The number of methoxy groups -OCH3 is 1. The van der Waals surface area contributed by atoms with E-state index in [9.17, 15) is 30.0 Å². The molecule has 0 radical (unpaired) electrons. The monoisotopic (exact) mass is 665 g/mol. The molecule has 0 spiro atoms. The molecule has 5 fully saturated rings. The van der Waals surface area contributed by atoms with E-state index in [1.54, 1.807) is 13.2 Å². The predicted molar refractivity (Wildman–Crippen MR) is 177 cm³/mol. The fourth-order valence-electron chi connectivity index (χ4n) is 13.7. The highest BCUT2D eigenvalue weighted by atomic mass is 16.5. The molecule has 8 aliphatic rings. The first-order valence-corrected chi connectivity index (χ1v) is 18.7. The van der Waals surface area contributed by atoms with Gasteiger partial charge in [-0.25, -0.2) is 4.79 Å². The summed E-state index contributed by atoms with van der Waals surface area (Å²) in [5, 5.41) is 55.0. The van der Waals surface area contributed by atoms with Crippen molar-refractivity contribution < 1.29 is 39.5 Å². The van der Waals surface area contributed by atoms with Crippen LogP contribution in [0.2, 0.25) is 0 Å². The number of esters is 1. The van der Waals surface area contributed by atoms with E-state index in [1.807, 2.05) is 0 Å². The van der Waals surface area contributed by atoms with E-state index in [4.69, 9.17) is 9.47 Å². The van der Waals surface area contributed by atoms with Crippen LogP contribution in [0.3, 0.4) is 0 Å². The van der Waals surface area contributed by atoms with Gasteiger partial charge in [0.2, 0.25) is 0 Å². The highest BCUT2D eigenvalue weighted by Crippen LogP contribution is 2.76. The van der Waals surface area contributed by atoms with Crippen LogP contribution in [0.25, 0.3) is 0 Å². The Balaban J connectivity index is 1.21. The normalized spacial score (nSPS) is 53.1. The van der Waals surface area contributed by atoms with Gasteiger partial charge in [0.25, 0.3) is 0 Å². The van der Waals surface area contributed by atoms with Crippen LogP contribution in [0, 0.1) is 58.2 Å². The summed E-state index contributed by atoms with van der Waals surface area (Å²) >= 11 is 0. The molecule has 5 saturated carbocycles. The predicted octanol–water partition coefficient (Wildman–Crippen LogP) is 3.25. The molecule has 7 aliphatic carbocycles. The van der Waals surface area contributed by atoms with Crippen LogP contribution < -0.4 is 5.32 Å². The minimum absolute atomic E-state index is 0.119. The van der Waals surface area contributed by atoms with Crippen molar-refractivity contribution in [2.75, 3.05) is 26.8 Å². The molecule has 9 heteroatoms. The molecule has 0 unspecified atom stereocenters. The van der Waals surface area contributed by atoms with Gasteiger partial charge in [-0.15, -0.1) is 0 Å². The van der Waals surface area contributed by atoms with Crippen LogP contribution in [0.4, 0.5) is 0 Å². The number of aliphatic hydroxyl groups is 4. The molecule has 0 saturated heterocycles. The molecular weight excluding hydrogens is 610 g/mol. The first kappa shape index (κ1) is 33.3. The van der Waals surface area contributed by atoms with Crippen molar-refractivity contribution in [1.82, 2.24) is 5.32 Å². The van der Waals surface area contributed by atoms with Gasteiger partial charge in [0.1, 0.15) is 18.0 Å². The number of ether oxygens (including phenoxy) is 2. The number of hydrogen-bond donors (Lipinski definition) is 5. The molecule has 264 valence electrons. The Labute approximate surface area is 284 Å². The lowest BCUT2D eigenvalue weighted by Gasteiger charge is -2.71. The van der Waals surface area contributed by atoms with E-state index in [0.29, 0.717) is 64.0 Å². The fourth-order valence-corrected chi connectivity index (χ4v) is 13.7. The Kier molecular flexibility index (Phi) is 7.84. The van der Waals surface area contributed by atoms with Crippen LogP contribution in [0.1, 0.15) is 78.1 Å². The SMILES string of the molecule is COCCCNCC1=C[C@@H]2C[C@@]3(O)[C@](C)(CC[C@H]4[C@@]3(O)C[C@H]3C[C@@H]5[C@H](C=CC[C@@H]5C)C[C@H]5[C@@H](O)CC[C@@]4(C=O)[C@]35O)[C@H]2C2=CC(=O)O[C@@H]12. The van der Waals surface area contributed by atoms with Gasteiger partial charge in [-0.05, 0) is 117 Å². The molecule has 15 atom stereocenters. The summed E-state index contributed by atoms with van der Waals surface area (Å²) in [4.78, 5) is 26.6. The number of nitrogens with one attached hydrogen (secondary N) is 1. The lowest BCUT2D eigenvalue weighted by molar-refractivity contribution is -0.341. The zero-order valence-electron chi connectivity index (χ0n) is 28.8. The second-order valence-electron chi connectivity index (χ2n) is 17.4. The standard InChI is InChI=1S/C39H55NO8/c1-22-6-4-7-23-15-29-30(42)8-11-36(21-41)31-9-10-35(2)33-24(14-25(20-40-12-5-13-47-3)34-28(33)17-32(43)48-34)18-38(35,45)37(31,44)19-26(16-27(22)23)39(29,36)46/h4,7,14,17,21-24,26-27,29-31,33-34,40,42,44-46H,5-6,8-13,15-16,18-20H2,1-3H3/t22-,23+,24+,26+,27-,29-,30-,31+,33+,34-,35+,36-,37-,38+,39-/m0/s1. The van der Waals surface area contributed by atoms with Crippen molar-refractivity contribution >= 4 is 12.3 Å². The van der Waals surface area contributed by atoms with Gasteiger partial charge in [0.15, 0.2) is 0 Å². The van der Waals surface area contributed by atoms with Crippen LogP contribution in [-0.2, 0) is 19.1 Å². The average molecular weight is 666 g/mol. The fraction of sp³-hybridized carbons (Fsp3) is 0.795. The van der Waals surface area contributed by atoms with Crippen molar-refractivity contribution in [2.24, 2.45) is 58.2 Å². The molecule has 1 heterocycles. The third-order valence-electron chi connectivity index (χ3n) is 15.7. The maximum Gasteiger partial charge on any atom is 0.331 e. The van der Waals surface area contributed by atoms with Crippen LogP contribution in [-0.4, -0.2) is 88.5 Å². The summed E-state index contributed by atoms with van der Waals surface area (Å²) in [6, 6.07) is 0. The highest BCUT2D eigenvalue weighted by Gasteiger charge is 2.82. The number of carbonyl (C=O) groups excluding carboxylic acids is 2. The third kappa shape index (κ3) is 4.12. The number of allylic oxidation sites excluding steroid dienone is 3. The Hall–Kier alpha value is -1.88. The topological polar surface area (TPSA) is 146 Å². The summed E-state index contributed by atoms with van der Waals surface area (Å²) in [5.74, 6) is -1.43. The summed E-state index contributed by atoms with van der Waals surface area (Å²) in [5.41, 5.74) is -4.87. The van der Waals surface area contributed by atoms with Crippen LogP contribution in [0.15, 0.2) is 35.5 Å². The quantitative estimate of drug-likeness (QED) is 0.120. The highest BCUT2D eigenvalue weighted by molar-refractivity contribution is 5.87. The van der Waals surface area contributed by atoms with Crippen molar-refractivity contribution in [3.63, 3.8) is 0 Å². The Bertz CT molecular complexity index is 1440. The van der Waals surface area contributed by atoms with E-state index < -0.39 is 57.6 Å². The summed E-state index contributed by atoms with van der Waals surface area (Å²) in [6.45, 7) is 6.29. The average Bonchev–Trinajstić information content (AvgIpc) is 3.50. The van der Waals surface area contributed by atoms with Gasteiger partial charge in [-0.1, -0.05) is 32.1 Å². The molecule has 0 aromatic heterocycles. The van der Waals surface area contributed by atoms with Crippen LogP contribution in [0.5, 0.6) is 0 Å². The molecule has 8 rings (SSSR count). The van der Waals surface area contributed by atoms with E-state index in [2.05, 4.69) is 37.4 Å². The minimum atomic E-state index is -1.64. The molecule has 0 amide bonds. The maximum absolute atomic E-state index is 13.7. The molecule has 0 bridgehead atoms. The molecule has 0 aromatic rings. The van der Waals surface area contributed by atoms with E-state index >= 15 is 0 Å². The number of fused-ring (bicyclic) bond motifs is 9. The number of hydrogen-bond acceptors (Lipinski definition) is 9. The first-order chi connectivity index (χ1) is 22.9. The number of rotatable bonds is 7. The maximum atomic E-state index is 13.7. The van der Waals surface area contributed by atoms with Crippen molar-refractivity contribution in [1.29, 1.82) is 0 Å². The lowest BCUT2D eigenvalue weighted by atomic mass is 9.36. The van der Waals surface area contributed by atoms with Crippen molar-refractivity contribution in [2.45, 2.75) is 107 Å². The van der Waals surface area contributed by atoms with E-state index in [0.717, 1.165) is 36.8 Å². The Morgan fingerprint density at radius 2 is 1.94 bits per heavy atom.